The number of anilines is 1. The van der Waals surface area contributed by atoms with Crippen LogP contribution in [-0.2, 0) is 4.74 Å². The zero-order valence-electron chi connectivity index (χ0n) is 12.7. The molecule has 1 aromatic rings. The smallest absolute Gasteiger partial charge is 0.102 e. The zero-order valence-corrected chi connectivity index (χ0v) is 12.7. The number of hydrogen-bond acceptors (Lipinski definition) is 3. The van der Waals surface area contributed by atoms with Gasteiger partial charge in [-0.3, -0.25) is 0 Å². The van der Waals surface area contributed by atoms with Gasteiger partial charge in [-0.1, -0.05) is 25.0 Å². The van der Waals surface area contributed by atoms with E-state index in [-0.39, 0.29) is 0 Å². The highest BCUT2D eigenvalue weighted by atomic mass is 16.5. The second-order valence-electron chi connectivity index (χ2n) is 5.74. The summed E-state index contributed by atoms with van der Waals surface area (Å²) in [5.74, 6) is 1.15. The maximum Gasteiger partial charge on any atom is 0.102 e. The van der Waals surface area contributed by atoms with Crippen molar-refractivity contribution < 1.29 is 4.74 Å². The molecule has 0 bridgehead atoms. The third-order valence-corrected chi connectivity index (χ3v) is 4.16. The van der Waals surface area contributed by atoms with Crippen molar-refractivity contribution in [3.8, 4) is 0 Å². The molecule has 2 aliphatic heterocycles. The van der Waals surface area contributed by atoms with Gasteiger partial charge >= 0.3 is 0 Å². The van der Waals surface area contributed by atoms with Crippen LogP contribution in [0.2, 0.25) is 0 Å². The Kier molecular flexibility index (Phi) is 5.11. The van der Waals surface area contributed by atoms with E-state index in [0.29, 0.717) is 0 Å². The van der Waals surface area contributed by atoms with Gasteiger partial charge in [0.05, 0.1) is 24.6 Å². The number of hydrogen-bond donors (Lipinski definition) is 1. The van der Waals surface area contributed by atoms with Crippen molar-refractivity contribution in [3.63, 3.8) is 0 Å². The molecule has 0 unspecified atom stereocenters. The molecule has 0 amide bonds. The van der Waals surface area contributed by atoms with Crippen LogP contribution >= 0.6 is 0 Å². The Morgan fingerprint density at radius 3 is 2.71 bits per heavy atom. The van der Waals surface area contributed by atoms with Gasteiger partial charge in [-0.05, 0) is 25.0 Å². The normalized spacial score (nSPS) is 22.5. The summed E-state index contributed by atoms with van der Waals surface area (Å²) in [6.45, 7) is 4.58. The summed E-state index contributed by atoms with van der Waals surface area (Å²) < 4.78 is 5.45. The summed E-state index contributed by atoms with van der Waals surface area (Å²) in [5.41, 5.74) is 2.32. The SMILES string of the molecule is c1ccc(N2CCOCC2)c(N=C2CCCCCCN2)c1. The first-order valence-electron chi connectivity index (χ1n) is 8.17. The number of benzene rings is 1. The number of para-hydroxylation sites is 2. The molecule has 4 nitrogen and oxygen atoms in total. The molecule has 114 valence electrons. The van der Waals surface area contributed by atoms with Crippen LogP contribution in [0.15, 0.2) is 29.3 Å². The third-order valence-electron chi connectivity index (χ3n) is 4.16. The van der Waals surface area contributed by atoms with Gasteiger partial charge in [0.1, 0.15) is 5.84 Å². The molecule has 0 aliphatic carbocycles. The van der Waals surface area contributed by atoms with E-state index < -0.39 is 0 Å². The number of nitrogens with one attached hydrogen (secondary N) is 1. The predicted molar refractivity (Wildman–Crippen MR) is 87.7 cm³/mol. The molecule has 1 aromatic carbocycles. The van der Waals surface area contributed by atoms with Crippen LogP contribution in [0, 0.1) is 0 Å². The monoisotopic (exact) mass is 287 g/mol. The van der Waals surface area contributed by atoms with Crippen LogP contribution in [0.5, 0.6) is 0 Å². The van der Waals surface area contributed by atoms with Crippen molar-refractivity contribution in [1.82, 2.24) is 5.32 Å². The van der Waals surface area contributed by atoms with Crippen LogP contribution in [-0.4, -0.2) is 38.7 Å². The van der Waals surface area contributed by atoms with Crippen LogP contribution in [0.4, 0.5) is 11.4 Å². The lowest BCUT2D eigenvalue weighted by Crippen LogP contribution is -2.36. The fraction of sp³-hybridized carbons (Fsp3) is 0.588. The summed E-state index contributed by atoms with van der Waals surface area (Å²) in [6.07, 6.45) is 6.23. The van der Waals surface area contributed by atoms with Crippen molar-refractivity contribution in [2.75, 3.05) is 37.7 Å². The Labute approximate surface area is 127 Å². The van der Waals surface area contributed by atoms with Crippen molar-refractivity contribution in [2.24, 2.45) is 4.99 Å². The Morgan fingerprint density at radius 2 is 1.81 bits per heavy atom. The molecule has 0 radical (unpaired) electrons. The quantitative estimate of drug-likeness (QED) is 0.908. The van der Waals surface area contributed by atoms with Crippen LogP contribution < -0.4 is 10.2 Å². The molecule has 3 rings (SSSR count). The van der Waals surface area contributed by atoms with Gasteiger partial charge in [0.15, 0.2) is 0 Å². The lowest BCUT2D eigenvalue weighted by molar-refractivity contribution is 0.123. The average Bonchev–Trinajstić information content (AvgIpc) is 2.51. The summed E-state index contributed by atoms with van der Waals surface area (Å²) in [4.78, 5) is 7.30. The minimum Gasteiger partial charge on any atom is -0.378 e. The third kappa shape index (κ3) is 3.97. The van der Waals surface area contributed by atoms with Gasteiger partial charge in [-0.25, -0.2) is 4.99 Å². The van der Waals surface area contributed by atoms with E-state index in [1.807, 2.05) is 0 Å². The lowest BCUT2D eigenvalue weighted by Gasteiger charge is -2.29. The van der Waals surface area contributed by atoms with Gasteiger partial charge in [-0.15, -0.1) is 0 Å². The highest BCUT2D eigenvalue weighted by molar-refractivity contribution is 5.87. The second kappa shape index (κ2) is 7.46. The minimum atomic E-state index is 0.809. The van der Waals surface area contributed by atoms with E-state index in [9.17, 15) is 0 Å². The lowest BCUT2D eigenvalue weighted by atomic mass is 10.1. The highest BCUT2D eigenvalue weighted by Crippen LogP contribution is 2.29. The average molecular weight is 287 g/mol. The minimum absolute atomic E-state index is 0.809. The van der Waals surface area contributed by atoms with Crippen LogP contribution in [0.3, 0.4) is 0 Å². The largest absolute Gasteiger partial charge is 0.378 e. The molecule has 2 heterocycles. The Hall–Kier alpha value is -1.55. The second-order valence-corrected chi connectivity index (χ2v) is 5.74. The number of morpholine rings is 1. The maximum atomic E-state index is 5.45. The van der Waals surface area contributed by atoms with E-state index in [1.54, 1.807) is 0 Å². The number of rotatable bonds is 2. The Bertz CT molecular complexity index is 471. The fourth-order valence-electron chi connectivity index (χ4n) is 2.96. The van der Waals surface area contributed by atoms with E-state index in [1.165, 1.54) is 31.4 Å². The molecular formula is C17H25N3O. The molecule has 2 aliphatic rings. The van der Waals surface area contributed by atoms with E-state index in [0.717, 1.165) is 50.8 Å². The zero-order chi connectivity index (χ0) is 14.3. The van der Waals surface area contributed by atoms with Crippen molar-refractivity contribution >= 4 is 17.2 Å². The summed E-state index contributed by atoms with van der Waals surface area (Å²) in [7, 11) is 0. The van der Waals surface area contributed by atoms with Crippen molar-refractivity contribution in [1.29, 1.82) is 0 Å². The molecule has 2 fully saturated rings. The first-order valence-corrected chi connectivity index (χ1v) is 8.17. The van der Waals surface area contributed by atoms with Gasteiger partial charge in [0, 0.05) is 26.1 Å². The highest BCUT2D eigenvalue weighted by Gasteiger charge is 2.14. The Morgan fingerprint density at radius 1 is 1.00 bits per heavy atom. The molecule has 2 saturated heterocycles. The van der Waals surface area contributed by atoms with Gasteiger partial charge in [0.2, 0.25) is 0 Å². The molecular weight excluding hydrogens is 262 g/mol. The molecule has 4 heteroatoms. The fourth-order valence-corrected chi connectivity index (χ4v) is 2.96. The summed E-state index contributed by atoms with van der Waals surface area (Å²) in [6, 6.07) is 8.47. The molecule has 0 atom stereocenters. The topological polar surface area (TPSA) is 36.9 Å². The first-order chi connectivity index (χ1) is 10.4. The van der Waals surface area contributed by atoms with Crippen LogP contribution in [0.1, 0.15) is 32.1 Å². The van der Waals surface area contributed by atoms with Gasteiger partial charge < -0.3 is 15.0 Å². The number of amidine groups is 1. The van der Waals surface area contributed by atoms with E-state index >= 15 is 0 Å². The van der Waals surface area contributed by atoms with Gasteiger partial charge in [-0.2, -0.15) is 0 Å². The molecule has 0 aromatic heterocycles. The number of nitrogens with zero attached hydrogens (tertiary/aromatic N) is 2. The van der Waals surface area contributed by atoms with E-state index in [4.69, 9.17) is 9.73 Å². The van der Waals surface area contributed by atoms with Crippen molar-refractivity contribution in [3.05, 3.63) is 24.3 Å². The van der Waals surface area contributed by atoms with Crippen LogP contribution in [0.25, 0.3) is 0 Å². The summed E-state index contributed by atoms with van der Waals surface area (Å²) in [5, 5.41) is 3.51. The summed E-state index contributed by atoms with van der Waals surface area (Å²) >= 11 is 0. The van der Waals surface area contributed by atoms with Crippen molar-refractivity contribution in [2.45, 2.75) is 32.1 Å². The molecule has 0 spiro atoms. The van der Waals surface area contributed by atoms with Gasteiger partial charge in [0.25, 0.3) is 0 Å². The molecule has 1 N–H and O–H groups in total. The predicted octanol–water partition coefficient (Wildman–Crippen LogP) is 3.11. The first kappa shape index (κ1) is 14.4. The maximum absolute atomic E-state index is 5.45. The van der Waals surface area contributed by atoms with E-state index in [2.05, 4.69) is 34.5 Å². The number of aliphatic imine (C=N–C) groups is 1. The Balaban J connectivity index is 1.80. The number of ether oxygens (including phenoxy) is 1. The standard InChI is InChI=1S/C17H25N3O/c1-2-6-10-18-17(9-3-1)19-15-7-4-5-8-16(15)20-11-13-21-14-12-20/h4-5,7-8H,1-3,6,9-14H2,(H,18,19). The molecule has 0 saturated carbocycles. The molecule has 21 heavy (non-hydrogen) atoms.